The van der Waals surface area contributed by atoms with Gasteiger partial charge in [0.2, 0.25) is 0 Å². The number of para-hydroxylation sites is 1. The molecule has 2 rings (SSSR count). The van der Waals surface area contributed by atoms with Crippen molar-refractivity contribution < 1.29 is 14.7 Å². The van der Waals surface area contributed by atoms with Crippen LogP contribution in [0.5, 0.6) is 0 Å². The van der Waals surface area contributed by atoms with E-state index in [0.717, 1.165) is 0 Å². The summed E-state index contributed by atoms with van der Waals surface area (Å²) in [6.07, 6.45) is 1.54. The molecule has 1 heterocycles. The Morgan fingerprint density at radius 1 is 1.10 bits per heavy atom. The van der Waals surface area contributed by atoms with Crippen molar-refractivity contribution in [3.63, 3.8) is 0 Å². The number of rotatable bonds is 3. The van der Waals surface area contributed by atoms with Crippen molar-refractivity contribution in [1.82, 2.24) is 4.98 Å². The number of carbonyl (C=O) groups excluding carboxylic acids is 1. The Morgan fingerprint density at radius 3 is 2.55 bits per heavy atom. The first-order chi connectivity index (χ1) is 9.58. The quantitative estimate of drug-likeness (QED) is 0.803. The summed E-state index contributed by atoms with van der Waals surface area (Å²) in [4.78, 5) is 26.9. The van der Waals surface area contributed by atoms with E-state index in [9.17, 15) is 9.59 Å². The Balaban J connectivity index is 2.18. The molecule has 0 saturated carbocycles. The highest BCUT2D eigenvalue weighted by atomic mass is 79.9. The number of hydrogen-bond donors (Lipinski definition) is 3. The van der Waals surface area contributed by atoms with Gasteiger partial charge in [-0.2, -0.15) is 0 Å². The number of anilines is 2. The van der Waals surface area contributed by atoms with Crippen molar-refractivity contribution in [3.8, 4) is 0 Å². The number of nitrogens with zero attached hydrogens (tertiary/aromatic N) is 1. The molecule has 0 unspecified atom stereocenters. The number of halogens is 1. The number of urea groups is 1. The number of nitrogens with one attached hydrogen (secondary N) is 2. The second-order valence-electron chi connectivity index (χ2n) is 3.76. The largest absolute Gasteiger partial charge is 0.478 e. The van der Waals surface area contributed by atoms with E-state index in [1.54, 1.807) is 30.3 Å². The minimum atomic E-state index is -1.13. The van der Waals surface area contributed by atoms with Gasteiger partial charge in [0.1, 0.15) is 5.82 Å². The van der Waals surface area contributed by atoms with Gasteiger partial charge in [0.25, 0.3) is 0 Å². The summed E-state index contributed by atoms with van der Waals surface area (Å²) in [5.74, 6) is -0.756. The Bertz CT molecular complexity index is 647. The van der Waals surface area contributed by atoms with Gasteiger partial charge in [0.15, 0.2) is 0 Å². The third-order valence-corrected chi connectivity index (χ3v) is 3.05. The molecule has 0 atom stereocenters. The van der Waals surface area contributed by atoms with Crippen LogP contribution < -0.4 is 10.6 Å². The summed E-state index contributed by atoms with van der Waals surface area (Å²) >= 11 is 3.21. The molecule has 0 aliphatic carbocycles. The van der Waals surface area contributed by atoms with E-state index in [1.165, 1.54) is 12.3 Å². The van der Waals surface area contributed by atoms with Gasteiger partial charge in [0.05, 0.1) is 11.3 Å². The lowest BCUT2D eigenvalue weighted by atomic mass is 10.2. The maximum Gasteiger partial charge on any atom is 0.337 e. The van der Waals surface area contributed by atoms with Crippen molar-refractivity contribution in [1.29, 1.82) is 0 Å². The molecule has 0 spiro atoms. The number of amides is 2. The molecule has 1 aromatic carbocycles. The van der Waals surface area contributed by atoms with Crippen LogP contribution >= 0.6 is 15.9 Å². The normalized spacial score (nSPS) is 9.85. The van der Waals surface area contributed by atoms with Crippen LogP contribution in [0.25, 0.3) is 0 Å². The fraction of sp³-hybridized carbons (Fsp3) is 0. The summed E-state index contributed by atoms with van der Waals surface area (Å²) in [5.41, 5.74) is 0.184. The summed E-state index contributed by atoms with van der Waals surface area (Å²) in [6, 6.07) is 9.13. The fourth-order valence-electron chi connectivity index (χ4n) is 1.53. The number of carbonyl (C=O) groups is 2. The second kappa shape index (κ2) is 6.16. The summed E-state index contributed by atoms with van der Waals surface area (Å²) in [7, 11) is 0. The fourth-order valence-corrected chi connectivity index (χ4v) is 1.99. The van der Waals surface area contributed by atoms with E-state index >= 15 is 0 Å². The van der Waals surface area contributed by atoms with Crippen LogP contribution in [-0.2, 0) is 0 Å². The number of benzene rings is 1. The minimum Gasteiger partial charge on any atom is -0.478 e. The highest BCUT2D eigenvalue weighted by molar-refractivity contribution is 9.10. The first kappa shape index (κ1) is 14.0. The van der Waals surface area contributed by atoms with Gasteiger partial charge in [-0.05, 0) is 40.2 Å². The molecule has 2 amide bonds. The Labute approximate surface area is 123 Å². The number of carboxylic acid groups (broad SMARTS) is 1. The first-order valence-corrected chi connectivity index (χ1v) is 6.38. The van der Waals surface area contributed by atoms with Crippen molar-refractivity contribution in [2.75, 3.05) is 10.6 Å². The molecule has 3 N–H and O–H groups in total. The van der Waals surface area contributed by atoms with E-state index in [2.05, 4.69) is 31.5 Å². The van der Waals surface area contributed by atoms with Gasteiger partial charge in [-0.1, -0.05) is 12.1 Å². The number of hydrogen-bond acceptors (Lipinski definition) is 3. The molecule has 1 aromatic heterocycles. The maximum absolute atomic E-state index is 11.8. The molecule has 20 heavy (non-hydrogen) atoms. The highest BCUT2D eigenvalue weighted by Gasteiger charge is 2.15. The van der Waals surface area contributed by atoms with Crippen LogP contribution in [0.1, 0.15) is 10.4 Å². The molecule has 0 bridgehead atoms. The van der Waals surface area contributed by atoms with Gasteiger partial charge < -0.3 is 10.4 Å². The molecule has 102 valence electrons. The lowest BCUT2D eigenvalue weighted by Crippen LogP contribution is -2.21. The van der Waals surface area contributed by atoms with Crippen molar-refractivity contribution in [3.05, 3.63) is 52.6 Å². The summed E-state index contributed by atoms with van der Waals surface area (Å²) < 4.78 is 0.480. The van der Waals surface area contributed by atoms with Crippen molar-refractivity contribution in [2.24, 2.45) is 0 Å². The molecule has 0 radical (unpaired) electrons. The zero-order valence-corrected chi connectivity index (χ0v) is 11.7. The van der Waals surface area contributed by atoms with E-state index in [1.807, 2.05) is 0 Å². The standard InChI is InChI=1S/C13H10BrN3O3/c14-9-5-3-4-8(12(18)19)11(9)17-13(20)16-10-6-1-2-7-15-10/h1-7H,(H,18,19)(H2,15,16,17,20). The van der Waals surface area contributed by atoms with E-state index in [0.29, 0.717) is 10.3 Å². The Hall–Kier alpha value is -2.41. The molecule has 0 aliphatic rings. The molecule has 2 aromatic rings. The monoisotopic (exact) mass is 335 g/mol. The van der Waals surface area contributed by atoms with Crippen LogP contribution in [0.15, 0.2) is 47.1 Å². The summed E-state index contributed by atoms with van der Waals surface area (Å²) in [5, 5.41) is 14.1. The van der Waals surface area contributed by atoms with Gasteiger partial charge in [0, 0.05) is 10.7 Å². The predicted octanol–water partition coefficient (Wildman–Crippen LogP) is 3.19. The van der Waals surface area contributed by atoms with Crippen LogP contribution in [0.2, 0.25) is 0 Å². The van der Waals surface area contributed by atoms with Crippen LogP contribution in [-0.4, -0.2) is 22.1 Å². The zero-order valence-electron chi connectivity index (χ0n) is 10.1. The Morgan fingerprint density at radius 2 is 1.90 bits per heavy atom. The molecule has 0 aliphatic heterocycles. The van der Waals surface area contributed by atoms with E-state index in [-0.39, 0.29) is 11.3 Å². The van der Waals surface area contributed by atoms with Gasteiger partial charge in [-0.3, -0.25) is 5.32 Å². The number of aromatic nitrogens is 1. The van der Waals surface area contributed by atoms with Crippen molar-refractivity contribution in [2.45, 2.75) is 0 Å². The summed E-state index contributed by atoms with van der Waals surface area (Å²) in [6.45, 7) is 0. The van der Waals surface area contributed by atoms with E-state index in [4.69, 9.17) is 5.11 Å². The van der Waals surface area contributed by atoms with Crippen LogP contribution in [0.3, 0.4) is 0 Å². The topological polar surface area (TPSA) is 91.3 Å². The zero-order chi connectivity index (χ0) is 14.5. The molecular weight excluding hydrogens is 326 g/mol. The van der Waals surface area contributed by atoms with Crippen LogP contribution in [0, 0.1) is 0 Å². The highest BCUT2D eigenvalue weighted by Crippen LogP contribution is 2.26. The number of aromatic carboxylic acids is 1. The lowest BCUT2D eigenvalue weighted by Gasteiger charge is -2.11. The van der Waals surface area contributed by atoms with Gasteiger partial charge in [-0.15, -0.1) is 0 Å². The van der Waals surface area contributed by atoms with Crippen molar-refractivity contribution >= 4 is 39.4 Å². The van der Waals surface area contributed by atoms with Crippen LogP contribution in [0.4, 0.5) is 16.3 Å². The third kappa shape index (κ3) is 3.33. The maximum atomic E-state index is 11.8. The number of carboxylic acids is 1. The lowest BCUT2D eigenvalue weighted by molar-refractivity contribution is 0.0698. The number of pyridine rings is 1. The predicted molar refractivity (Wildman–Crippen MR) is 78.0 cm³/mol. The molecular formula is C13H10BrN3O3. The first-order valence-electron chi connectivity index (χ1n) is 5.59. The third-order valence-electron chi connectivity index (χ3n) is 2.39. The molecule has 0 saturated heterocycles. The second-order valence-corrected chi connectivity index (χ2v) is 4.62. The van der Waals surface area contributed by atoms with Gasteiger partial charge >= 0.3 is 12.0 Å². The molecule has 7 heteroatoms. The SMILES string of the molecule is O=C(Nc1ccccn1)Nc1c(Br)cccc1C(=O)O. The average Bonchev–Trinajstić information content (AvgIpc) is 2.42. The average molecular weight is 336 g/mol. The smallest absolute Gasteiger partial charge is 0.337 e. The van der Waals surface area contributed by atoms with E-state index < -0.39 is 12.0 Å². The molecule has 6 nitrogen and oxygen atoms in total. The minimum absolute atomic E-state index is 0.00412. The Kier molecular flexibility index (Phi) is 4.31. The molecule has 0 fully saturated rings. The van der Waals surface area contributed by atoms with Gasteiger partial charge in [-0.25, -0.2) is 14.6 Å².